The standard InChI is InChI=1S/C19H22N2O2/c1-15-7-10-17(11-8-15)19(23)21-14-13-20-18(22)12-9-16-5-3-2-4-6-16/h2-8,10-11H,9,12-14H2,1H3,(H,20,22)(H,21,23). The van der Waals surface area contributed by atoms with Crippen molar-refractivity contribution in [3.63, 3.8) is 0 Å². The van der Waals surface area contributed by atoms with Crippen molar-refractivity contribution in [2.45, 2.75) is 19.8 Å². The highest BCUT2D eigenvalue weighted by molar-refractivity contribution is 5.94. The van der Waals surface area contributed by atoms with E-state index in [1.54, 1.807) is 12.1 Å². The molecule has 0 atom stereocenters. The first kappa shape index (κ1) is 16.7. The van der Waals surface area contributed by atoms with E-state index in [0.717, 1.165) is 17.5 Å². The van der Waals surface area contributed by atoms with Gasteiger partial charge in [-0.25, -0.2) is 0 Å². The smallest absolute Gasteiger partial charge is 0.251 e. The zero-order valence-corrected chi connectivity index (χ0v) is 13.3. The van der Waals surface area contributed by atoms with E-state index in [-0.39, 0.29) is 11.8 Å². The minimum Gasteiger partial charge on any atom is -0.354 e. The van der Waals surface area contributed by atoms with Crippen LogP contribution < -0.4 is 10.6 Å². The van der Waals surface area contributed by atoms with E-state index in [1.807, 2.05) is 49.4 Å². The summed E-state index contributed by atoms with van der Waals surface area (Å²) in [5.41, 5.74) is 2.90. The number of carbonyl (C=O) groups excluding carboxylic acids is 2. The molecule has 0 aliphatic carbocycles. The summed E-state index contributed by atoms with van der Waals surface area (Å²) in [6.07, 6.45) is 1.18. The molecule has 0 radical (unpaired) electrons. The van der Waals surface area contributed by atoms with Gasteiger partial charge in [-0.15, -0.1) is 0 Å². The summed E-state index contributed by atoms with van der Waals surface area (Å²) in [5, 5.41) is 5.61. The molecule has 0 saturated carbocycles. The molecular weight excluding hydrogens is 288 g/mol. The first-order valence-corrected chi connectivity index (χ1v) is 7.80. The summed E-state index contributed by atoms with van der Waals surface area (Å²) in [6, 6.07) is 17.3. The molecule has 0 aliphatic rings. The van der Waals surface area contributed by atoms with Gasteiger partial charge in [0.25, 0.3) is 5.91 Å². The predicted octanol–water partition coefficient (Wildman–Crippen LogP) is 2.47. The highest BCUT2D eigenvalue weighted by Gasteiger charge is 2.05. The van der Waals surface area contributed by atoms with Crippen LogP contribution in [0.5, 0.6) is 0 Å². The van der Waals surface area contributed by atoms with Crippen molar-refractivity contribution < 1.29 is 9.59 Å². The highest BCUT2D eigenvalue weighted by atomic mass is 16.2. The lowest BCUT2D eigenvalue weighted by Crippen LogP contribution is -2.34. The van der Waals surface area contributed by atoms with Crippen molar-refractivity contribution >= 4 is 11.8 Å². The molecule has 0 unspecified atom stereocenters. The Kier molecular flexibility index (Phi) is 6.36. The summed E-state index contributed by atoms with van der Waals surface area (Å²) in [6.45, 7) is 2.83. The summed E-state index contributed by atoms with van der Waals surface area (Å²) < 4.78 is 0. The Hall–Kier alpha value is -2.62. The number of carbonyl (C=O) groups is 2. The van der Waals surface area contributed by atoms with E-state index in [0.29, 0.717) is 25.1 Å². The fourth-order valence-corrected chi connectivity index (χ4v) is 2.18. The van der Waals surface area contributed by atoms with Gasteiger partial charge in [0.15, 0.2) is 0 Å². The zero-order valence-electron chi connectivity index (χ0n) is 13.3. The number of hydrogen-bond acceptors (Lipinski definition) is 2. The van der Waals surface area contributed by atoms with Crippen LogP contribution in [0.25, 0.3) is 0 Å². The third-order valence-corrected chi connectivity index (χ3v) is 3.53. The quantitative estimate of drug-likeness (QED) is 0.772. The van der Waals surface area contributed by atoms with Gasteiger partial charge in [-0.2, -0.15) is 0 Å². The molecule has 2 amide bonds. The molecule has 0 fully saturated rings. The van der Waals surface area contributed by atoms with Gasteiger partial charge in [-0.1, -0.05) is 48.0 Å². The van der Waals surface area contributed by atoms with E-state index in [1.165, 1.54) is 0 Å². The molecule has 0 heterocycles. The Balaban J connectivity index is 1.62. The first-order valence-electron chi connectivity index (χ1n) is 7.80. The number of benzene rings is 2. The lowest BCUT2D eigenvalue weighted by Gasteiger charge is -2.07. The molecule has 2 N–H and O–H groups in total. The van der Waals surface area contributed by atoms with E-state index in [9.17, 15) is 9.59 Å². The molecule has 120 valence electrons. The number of rotatable bonds is 7. The maximum Gasteiger partial charge on any atom is 0.251 e. The minimum atomic E-state index is -0.122. The second kappa shape index (κ2) is 8.73. The maximum atomic E-state index is 11.9. The molecule has 23 heavy (non-hydrogen) atoms. The van der Waals surface area contributed by atoms with E-state index >= 15 is 0 Å². The fourth-order valence-electron chi connectivity index (χ4n) is 2.18. The molecule has 0 spiro atoms. The van der Waals surface area contributed by atoms with Crippen molar-refractivity contribution in [3.8, 4) is 0 Å². The first-order chi connectivity index (χ1) is 11.1. The summed E-state index contributed by atoms with van der Waals surface area (Å²) in [4.78, 5) is 23.6. The molecule has 2 rings (SSSR count). The van der Waals surface area contributed by atoms with Crippen LogP contribution in [0.4, 0.5) is 0 Å². The van der Waals surface area contributed by atoms with Gasteiger partial charge in [0, 0.05) is 25.1 Å². The van der Waals surface area contributed by atoms with Gasteiger partial charge in [-0.05, 0) is 31.0 Å². The van der Waals surface area contributed by atoms with Crippen LogP contribution in [0, 0.1) is 6.92 Å². The van der Waals surface area contributed by atoms with Crippen LogP contribution in [0.2, 0.25) is 0 Å². The zero-order chi connectivity index (χ0) is 16.5. The molecular formula is C19H22N2O2. The third-order valence-electron chi connectivity index (χ3n) is 3.53. The highest BCUT2D eigenvalue weighted by Crippen LogP contribution is 2.03. The third kappa shape index (κ3) is 5.94. The Morgan fingerprint density at radius 3 is 2.22 bits per heavy atom. The van der Waals surface area contributed by atoms with Gasteiger partial charge >= 0.3 is 0 Å². The van der Waals surface area contributed by atoms with Crippen LogP contribution in [0.3, 0.4) is 0 Å². The molecule has 0 aliphatic heterocycles. The van der Waals surface area contributed by atoms with Crippen molar-refractivity contribution in [2.24, 2.45) is 0 Å². The lowest BCUT2D eigenvalue weighted by atomic mass is 10.1. The van der Waals surface area contributed by atoms with E-state index < -0.39 is 0 Å². The average molecular weight is 310 g/mol. The average Bonchev–Trinajstić information content (AvgIpc) is 2.58. The van der Waals surface area contributed by atoms with Crippen LogP contribution in [-0.4, -0.2) is 24.9 Å². The topological polar surface area (TPSA) is 58.2 Å². The SMILES string of the molecule is Cc1ccc(C(=O)NCCNC(=O)CCc2ccccc2)cc1. The largest absolute Gasteiger partial charge is 0.354 e. The van der Waals surface area contributed by atoms with Crippen molar-refractivity contribution in [1.29, 1.82) is 0 Å². The second-order valence-electron chi connectivity index (χ2n) is 5.46. The molecule has 2 aromatic carbocycles. The number of aryl methyl sites for hydroxylation is 2. The molecule has 0 aromatic heterocycles. The molecule has 0 bridgehead atoms. The summed E-state index contributed by atoms with van der Waals surface area (Å²) >= 11 is 0. The van der Waals surface area contributed by atoms with Crippen LogP contribution in [0.15, 0.2) is 54.6 Å². The van der Waals surface area contributed by atoms with Crippen LogP contribution in [0.1, 0.15) is 27.9 Å². The van der Waals surface area contributed by atoms with E-state index in [2.05, 4.69) is 10.6 Å². The minimum absolute atomic E-state index is 0.00145. The monoisotopic (exact) mass is 310 g/mol. The van der Waals surface area contributed by atoms with Crippen LogP contribution >= 0.6 is 0 Å². The molecule has 0 saturated heterocycles. The van der Waals surface area contributed by atoms with Crippen LogP contribution in [-0.2, 0) is 11.2 Å². The summed E-state index contributed by atoms with van der Waals surface area (Å²) in [7, 11) is 0. The number of amides is 2. The van der Waals surface area contributed by atoms with Crippen molar-refractivity contribution in [1.82, 2.24) is 10.6 Å². The maximum absolute atomic E-state index is 11.9. The second-order valence-corrected chi connectivity index (χ2v) is 5.46. The Morgan fingerprint density at radius 1 is 0.870 bits per heavy atom. The van der Waals surface area contributed by atoms with Crippen molar-refractivity contribution in [3.05, 3.63) is 71.3 Å². The summed E-state index contributed by atoms with van der Waals surface area (Å²) in [5.74, 6) is -0.123. The fraction of sp³-hybridized carbons (Fsp3) is 0.263. The van der Waals surface area contributed by atoms with Gasteiger partial charge in [0.2, 0.25) is 5.91 Å². The Labute approximate surface area is 136 Å². The molecule has 2 aromatic rings. The van der Waals surface area contributed by atoms with Crippen molar-refractivity contribution in [2.75, 3.05) is 13.1 Å². The van der Waals surface area contributed by atoms with Gasteiger partial charge < -0.3 is 10.6 Å². The molecule has 4 nitrogen and oxygen atoms in total. The Morgan fingerprint density at radius 2 is 1.52 bits per heavy atom. The van der Waals surface area contributed by atoms with Gasteiger partial charge in [0.1, 0.15) is 0 Å². The van der Waals surface area contributed by atoms with Gasteiger partial charge in [0.05, 0.1) is 0 Å². The molecule has 4 heteroatoms. The normalized spacial score (nSPS) is 10.1. The number of nitrogens with one attached hydrogen (secondary N) is 2. The Bertz CT molecular complexity index is 636. The van der Waals surface area contributed by atoms with E-state index in [4.69, 9.17) is 0 Å². The number of hydrogen-bond donors (Lipinski definition) is 2. The predicted molar refractivity (Wildman–Crippen MR) is 91.3 cm³/mol. The van der Waals surface area contributed by atoms with Gasteiger partial charge in [-0.3, -0.25) is 9.59 Å². The lowest BCUT2D eigenvalue weighted by molar-refractivity contribution is -0.121.